The second kappa shape index (κ2) is 3.59. The number of nitrogens with two attached hydrogens (primary N) is 2. The van der Waals surface area contributed by atoms with E-state index in [1.807, 2.05) is 0 Å². The zero-order valence-corrected chi connectivity index (χ0v) is 6.88. The second-order valence-corrected chi connectivity index (χ2v) is 2.95. The number of likely N-dealkylation sites (N-methyl/N-ethyl adjacent to an activating group) is 1. The number of hydrogen-bond acceptors (Lipinski definition) is 4. The van der Waals surface area contributed by atoms with E-state index in [-0.39, 0.29) is 0 Å². The van der Waals surface area contributed by atoms with Gasteiger partial charge in [0.25, 0.3) is 0 Å². The van der Waals surface area contributed by atoms with Crippen molar-refractivity contribution < 1.29 is 0 Å². The van der Waals surface area contributed by atoms with Gasteiger partial charge in [-0.1, -0.05) is 0 Å². The molecule has 0 aliphatic carbocycles. The molecule has 1 aliphatic heterocycles. The minimum absolute atomic E-state index is 0.381. The van der Waals surface area contributed by atoms with E-state index in [0.717, 1.165) is 18.7 Å². The fourth-order valence-electron chi connectivity index (χ4n) is 1.52. The Morgan fingerprint density at radius 3 is 2.91 bits per heavy atom. The number of hydrazine groups is 1. The monoisotopic (exact) mass is 156 g/mol. The van der Waals surface area contributed by atoms with Crippen molar-refractivity contribution in [1.82, 2.24) is 10.3 Å². The Kier molecular flexibility index (Phi) is 2.73. The van der Waals surface area contributed by atoms with E-state index in [4.69, 9.17) is 11.6 Å². The summed E-state index contributed by atoms with van der Waals surface area (Å²) in [6, 6.07) is 0.381. The van der Waals surface area contributed by atoms with E-state index >= 15 is 0 Å². The van der Waals surface area contributed by atoms with Crippen LogP contribution in [0.4, 0.5) is 0 Å². The number of nitrogens with zero attached hydrogens (tertiary/aromatic N) is 1. The zero-order chi connectivity index (χ0) is 8.27. The SMILES string of the molecule is CN1CCCC1/C(N)=C/NN. The lowest BCUT2D eigenvalue weighted by molar-refractivity contribution is 0.342. The molecule has 0 aromatic carbocycles. The molecule has 0 spiro atoms. The molecular formula is C7H16N4. The molecule has 0 bridgehead atoms. The molecule has 0 aromatic heterocycles. The third kappa shape index (κ3) is 1.85. The summed E-state index contributed by atoms with van der Waals surface area (Å²) in [6.07, 6.45) is 4.02. The Bertz CT molecular complexity index is 155. The van der Waals surface area contributed by atoms with E-state index in [0.29, 0.717) is 6.04 Å². The quantitative estimate of drug-likeness (QED) is 0.367. The minimum atomic E-state index is 0.381. The molecule has 4 heteroatoms. The van der Waals surface area contributed by atoms with Crippen LogP contribution in [0.1, 0.15) is 12.8 Å². The molecule has 64 valence electrons. The van der Waals surface area contributed by atoms with Crippen LogP contribution in [0.3, 0.4) is 0 Å². The maximum absolute atomic E-state index is 5.76. The second-order valence-electron chi connectivity index (χ2n) is 2.95. The molecule has 1 atom stereocenters. The first kappa shape index (κ1) is 8.36. The summed E-state index contributed by atoms with van der Waals surface area (Å²) in [4.78, 5) is 2.24. The van der Waals surface area contributed by atoms with Gasteiger partial charge in [-0.3, -0.25) is 10.7 Å². The number of rotatable bonds is 2. The molecule has 4 nitrogen and oxygen atoms in total. The van der Waals surface area contributed by atoms with Gasteiger partial charge in [-0.2, -0.15) is 0 Å². The van der Waals surface area contributed by atoms with E-state index < -0.39 is 0 Å². The fraction of sp³-hybridized carbons (Fsp3) is 0.714. The standard InChI is InChI=1S/C7H16N4/c1-11-4-2-3-7(11)6(8)5-10-9/h5,7,10H,2-4,8-9H2,1H3/b6-5-. The smallest absolute Gasteiger partial charge is 0.0505 e. The zero-order valence-electron chi connectivity index (χ0n) is 6.88. The highest BCUT2D eigenvalue weighted by atomic mass is 15.2. The van der Waals surface area contributed by atoms with Crippen LogP contribution in [0.2, 0.25) is 0 Å². The van der Waals surface area contributed by atoms with E-state index in [1.54, 1.807) is 6.20 Å². The molecule has 1 heterocycles. The molecule has 1 fully saturated rings. The molecule has 1 aliphatic rings. The molecule has 0 saturated carbocycles. The van der Waals surface area contributed by atoms with Crippen LogP contribution in [0.5, 0.6) is 0 Å². The number of nitrogens with one attached hydrogen (secondary N) is 1. The van der Waals surface area contributed by atoms with Gasteiger partial charge in [-0.15, -0.1) is 0 Å². The Hall–Kier alpha value is -0.740. The van der Waals surface area contributed by atoms with Crippen molar-refractivity contribution >= 4 is 0 Å². The van der Waals surface area contributed by atoms with E-state index in [1.165, 1.54) is 6.42 Å². The summed E-state index contributed by atoms with van der Waals surface area (Å²) in [5, 5.41) is 0. The molecule has 11 heavy (non-hydrogen) atoms. The van der Waals surface area contributed by atoms with Crippen molar-refractivity contribution in [3.05, 3.63) is 11.9 Å². The van der Waals surface area contributed by atoms with Gasteiger partial charge in [0.15, 0.2) is 0 Å². The highest BCUT2D eigenvalue weighted by Gasteiger charge is 2.22. The van der Waals surface area contributed by atoms with Crippen molar-refractivity contribution in [2.45, 2.75) is 18.9 Å². The van der Waals surface area contributed by atoms with Crippen molar-refractivity contribution in [2.24, 2.45) is 11.6 Å². The molecule has 1 saturated heterocycles. The third-order valence-electron chi connectivity index (χ3n) is 2.16. The first-order valence-electron chi connectivity index (χ1n) is 3.87. The number of hydrogen-bond donors (Lipinski definition) is 3. The summed E-state index contributed by atoms with van der Waals surface area (Å²) in [6.45, 7) is 1.13. The Balaban J connectivity index is 2.52. The summed E-state index contributed by atoms with van der Waals surface area (Å²) in [7, 11) is 2.08. The summed E-state index contributed by atoms with van der Waals surface area (Å²) in [5.41, 5.74) is 9.03. The van der Waals surface area contributed by atoms with Crippen molar-refractivity contribution in [3.63, 3.8) is 0 Å². The molecule has 1 rings (SSSR count). The van der Waals surface area contributed by atoms with Crippen LogP contribution in [-0.2, 0) is 0 Å². The van der Waals surface area contributed by atoms with Gasteiger partial charge in [0.2, 0.25) is 0 Å². The lowest BCUT2D eigenvalue weighted by Gasteiger charge is -2.19. The van der Waals surface area contributed by atoms with Crippen LogP contribution >= 0.6 is 0 Å². The van der Waals surface area contributed by atoms with Gasteiger partial charge in [0.1, 0.15) is 0 Å². The lowest BCUT2D eigenvalue weighted by atomic mass is 10.2. The van der Waals surface area contributed by atoms with Gasteiger partial charge in [-0.25, -0.2) is 0 Å². The van der Waals surface area contributed by atoms with Gasteiger partial charge >= 0.3 is 0 Å². The summed E-state index contributed by atoms with van der Waals surface area (Å²) < 4.78 is 0. The third-order valence-corrected chi connectivity index (χ3v) is 2.16. The summed E-state index contributed by atoms with van der Waals surface area (Å²) >= 11 is 0. The van der Waals surface area contributed by atoms with E-state index in [9.17, 15) is 0 Å². The van der Waals surface area contributed by atoms with E-state index in [2.05, 4.69) is 17.4 Å². The van der Waals surface area contributed by atoms with Crippen LogP contribution in [0.15, 0.2) is 11.9 Å². The van der Waals surface area contributed by atoms with Crippen LogP contribution < -0.4 is 17.0 Å². The van der Waals surface area contributed by atoms with Crippen molar-refractivity contribution in [2.75, 3.05) is 13.6 Å². The molecule has 0 aromatic rings. The maximum Gasteiger partial charge on any atom is 0.0505 e. The van der Waals surface area contributed by atoms with Gasteiger partial charge in [-0.05, 0) is 26.4 Å². The molecule has 5 N–H and O–H groups in total. The average Bonchev–Trinajstić information content (AvgIpc) is 2.36. The molecule has 0 radical (unpaired) electrons. The Morgan fingerprint density at radius 1 is 1.73 bits per heavy atom. The fourth-order valence-corrected chi connectivity index (χ4v) is 1.52. The normalized spacial score (nSPS) is 27.5. The van der Waals surface area contributed by atoms with Crippen molar-refractivity contribution in [3.8, 4) is 0 Å². The Morgan fingerprint density at radius 2 is 2.45 bits per heavy atom. The average molecular weight is 156 g/mol. The first-order chi connectivity index (χ1) is 5.25. The highest BCUT2D eigenvalue weighted by Crippen LogP contribution is 2.18. The maximum atomic E-state index is 5.76. The molecular weight excluding hydrogens is 140 g/mol. The predicted octanol–water partition coefficient (Wildman–Crippen LogP) is -0.656. The van der Waals surface area contributed by atoms with Gasteiger partial charge < -0.3 is 11.2 Å². The van der Waals surface area contributed by atoms with Crippen LogP contribution in [0, 0.1) is 0 Å². The largest absolute Gasteiger partial charge is 0.400 e. The first-order valence-corrected chi connectivity index (χ1v) is 3.87. The highest BCUT2D eigenvalue weighted by molar-refractivity contribution is 5.07. The van der Waals surface area contributed by atoms with Crippen molar-refractivity contribution in [1.29, 1.82) is 0 Å². The van der Waals surface area contributed by atoms with Crippen LogP contribution in [0.25, 0.3) is 0 Å². The van der Waals surface area contributed by atoms with Crippen LogP contribution in [-0.4, -0.2) is 24.5 Å². The predicted molar refractivity (Wildman–Crippen MR) is 45.2 cm³/mol. The lowest BCUT2D eigenvalue weighted by Crippen LogP contribution is -2.32. The minimum Gasteiger partial charge on any atom is -0.400 e. The number of likely N-dealkylation sites (tertiary alicyclic amines) is 1. The molecule has 0 amide bonds. The Labute approximate surface area is 67.2 Å². The van der Waals surface area contributed by atoms with Gasteiger partial charge in [0, 0.05) is 11.9 Å². The molecule has 1 unspecified atom stereocenters. The summed E-state index contributed by atoms with van der Waals surface area (Å²) in [5.74, 6) is 5.12. The topological polar surface area (TPSA) is 67.3 Å². The van der Waals surface area contributed by atoms with Gasteiger partial charge in [0.05, 0.1) is 6.04 Å².